The minimum absolute atomic E-state index is 0.508. The summed E-state index contributed by atoms with van der Waals surface area (Å²) >= 11 is 0. The Balaban J connectivity index is 1.68. The van der Waals surface area contributed by atoms with E-state index in [2.05, 4.69) is 23.4 Å². The zero-order valence-electron chi connectivity index (χ0n) is 12.4. The number of nitrogens with zero attached hydrogens (tertiary/aromatic N) is 2. The Hall–Kier alpha value is -1.00. The molecule has 1 aliphatic heterocycles. The summed E-state index contributed by atoms with van der Waals surface area (Å²) in [5.74, 6) is 2.31. The lowest BCUT2D eigenvalue weighted by atomic mass is 9.87. The van der Waals surface area contributed by atoms with Crippen LogP contribution in [0.25, 0.3) is 0 Å². The number of nitrogens with one attached hydrogen (secondary N) is 1. The van der Waals surface area contributed by atoms with Gasteiger partial charge >= 0.3 is 0 Å². The van der Waals surface area contributed by atoms with E-state index < -0.39 is 0 Å². The lowest BCUT2D eigenvalue weighted by Gasteiger charge is -2.26. The molecule has 0 amide bonds. The van der Waals surface area contributed by atoms with Crippen LogP contribution >= 0.6 is 0 Å². The molecule has 3 rings (SSSR count). The highest BCUT2D eigenvalue weighted by Crippen LogP contribution is 2.28. The van der Waals surface area contributed by atoms with Crippen LogP contribution in [0.3, 0.4) is 0 Å². The molecular weight excluding hydrogens is 250 g/mol. The largest absolute Gasteiger partial charge is 0.381 e. The highest BCUT2D eigenvalue weighted by Gasteiger charge is 2.23. The molecule has 0 aromatic carbocycles. The maximum absolute atomic E-state index is 5.42. The number of fused-ring (bicyclic) bond motifs is 1. The van der Waals surface area contributed by atoms with Crippen molar-refractivity contribution in [2.75, 3.05) is 26.3 Å². The quantitative estimate of drug-likeness (QED) is 0.914. The van der Waals surface area contributed by atoms with Gasteiger partial charge in [-0.3, -0.25) is 0 Å². The monoisotopic (exact) mass is 275 g/mol. The van der Waals surface area contributed by atoms with Gasteiger partial charge in [0.15, 0.2) is 0 Å². The van der Waals surface area contributed by atoms with Gasteiger partial charge in [0.2, 0.25) is 0 Å². The Morgan fingerprint density at radius 1 is 1.30 bits per heavy atom. The Labute approximate surface area is 121 Å². The number of aryl methyl sites for hydroxylation is 1. The molecule has 1 N–H and O–H groups in total. The Kier molecular flexibility index (Phi) is 4.63. The summed E-state index contributed by atoms with van der Waals surface area (Å²) in [5, 5.41) is 3.46. The van der Waals surface area contributed by atoms with E-state index in [1.165, 1.54) is 17.7 Å². The maximum atomic E-state index is 5.42. The van der Waals surface area contributed by atoms with Crippen molar-refractivity contribution in [3.05, 3.63) is 23.3 Å². The Morgan fingerprint density at radius 2 is 2.15 bits per heavy atom. The zero-order valence-corrected chi connectivity index (χ0v) is 12.4. The molecule has 0 spiro atoms. The highest BCUT2D eigenvalue weighted by molar-refractivity contribution is 5.22. The average molecular weight is 275 g/mol. The molecule has 4 nitrogen and oxygen atoms in total. The minimum Gasteiger partial charge on any atom is -0.381 e. The fourth-order valence-electron chi connectivity index (χ4n) is 3.27. The van der Waals surface area contributed by atoms with Crippen LogP contribution in [0, 0.1) is 5.92 Å². The third-order valence-corrected chi connectivity index (χ3v) is 4.54. The summed E-state index contributed by atoms with van der Waals surface area (Å²) in [6.45, 7) is 6.06. The molecule has 2 aliphatic rings. The van der Waals surface area contributed by atoms with Gasteiger partial charge in [-0.1, -0.05) is 6.92 Å². The summed E-state index contributed by atoms with van der Waals surface area (Å²) in [4.78, 5) is 9.51. The second-order valence-corrected chi connectivity index (χ2v) is 6.00. The second kappa shape index (κ2) is 6.64. The Morgan fingerprint density at radius 3 is 2.95 bits per heavy atom. The first-order valence-electron chi connectivity index (χ1n) is 8.00. The summed E-state index contributed by atoms with van der Waals surface area (Å²) in [5.41, 5.74) is 2.67. The van der Waals surface area contributed by atoms with E-state index >= 15 is 0 Å². The van der Waals surface area contributed by atoms with Gasteiger partial charge in [0.25, 0.3) is 0 Å². The van der Waals surface area contributed by atoms with Gasteiger partial charge in [0.05, 0.1) is 0 Å². The number of aromatic nitrogens is 2. The van der Waals surface area contributed by atoms with Crippen molar-refractivity contribution in [3.8, 4) is 0 Å². The van der Waals surface area contributed by atoms with Crippen molar-refractivity contribution >= 4 is 0 Å². The van der Waals surface area contributed by atoms with Gasteiger partial charge in [0, 0.05) is 31.0 Å². The Bertz CT molecular complexity index is 443. The lowest BCUT2D eigenvalue weighted by molar-refractivity contribution is 0.0835. The molecule has 20 heavy (non-hydrogen) atoms. The molecule has 1 unspecified atom stereocenters. The van der Waals surface area contributed by atoms with Gasteiger partial charge in [-0.05, 0) is 56.7 Å². The van der Waals surface area contributed by atoms with E-state index in [4.69, 9.17) is 9.72 Å². The van der Waals surface area contributed by atoms with E-state index in [1.807, 2.05) is 0 Å². The molecule has 1 saturated heterocycles. The lowest BCUT2D eigenvalue weighted by Crippen LogP contribution is -2.28. The molecule has 1 aromatic rings. The van der Waals surface area contributed by atoms with Crippen molar-refractivity contribution in [2.45, 2.75) is 44.9 Å². The number of hydrogen-bond acceptors (Lipinski definition) is 4. The maximum Gasteiger partial charge on any atom is 0.131 e. The van der Waals surface area contributed by atoms with Crippen molar-refractivity contribution in [1.29, 1.82) is 0 Å². The predicted octanol–water partition coefficient (Wildman–Crippen LogP) is 2.08. The highest BCUT2D eigenvalue weighted by atomic mass is 16.5. The first-order valence-corrected chi connectivity index (χ1v) is 8.00. The standard InChI is InChI=1S/C16H25N3O/c1-2-17-10-12-3-4-15-14(9-12)11-18-16(19-15)13-5-7-20-8-6-13/h11-13,17H,2-10H2,1H3. The second-order valence-electron chi connectivity index (χ2n) is 6.00. The third kappa shape index (κ3) is 3.18. The van der Waals surface area contributed by atoms with Crippen LogP contribution in [-0.4, -0.2) is 36.3 Å². The fraction of sp³-hybridized carbons (Fsp3) is 0.750. The van der Waals surface area contributed by atoms with Crippen molar-refractivity contribution in [1.82, 2.24) is 15.3 Å². The van der Waals surface area contributed by atoms with Crippen LogP contribution in [0.5, 0.6) is 0 Å². The fourth-order valence-corrected chi connectivity index (χ4v) is 3.27. The van der Waals surface area contributed by atoms with E-state index in [0.717, 1.165) is 63.7 Å². The molecule has 0 bridgehead atoms. The topological polar surface area (TPSA) is 47.0 Å². The van der Waals surface area contributed by atoms with Gasteiger partial charge in [0.1, 0.15) is 5.82 Å². The van der Waals surface area contributed by atoms with Gasteiger partial charge in [-0.25, -0.2) is 9.97 Å². The van der Waals surface area contributed by atoms with Crippen LogP contribution in [-0.2, 0) is 17.6 Å². The molecule has 1 aromatic heterocycles. The molecule has 2 heterocycles. The molecule has 1 aliphatic carbocycles. The van der Waals surface area contributed by atoms with Crippen molar-refractivity contribution in [2.24, 2.45) is 5.92 Å². The molecule has 0 saturated carbocycles. The average Bonchev–Trinajstić information content (AvgIpc) is 2.53. The van der Waals surface area contributed by atoms with E-state index in [9.17, 15) is 0 Å². The molecule has 4 heteroatoms. The van der Waals surface area contributed by atoms with Crippen LogP contribution in [0.2, 0.25) is 0 Å². The summed E-state index contributed by atoms with van der Waals surface area (Å²) < 4.78 is 5.42. The zero-order chi connectivity index (χ0) is 13.8. The van der Waals surface area contributed by atoms with Gasteiger partial charge in [-0.15, -0.1) is 0 Å². The number of rotatable bonds is 4. The van der Waals surface area contributed by atoms with Crippen molar-refractivity contribution in [3.63, 3.8) is 0 Å². The normalized spacial score (nSPS) is 23.6. The first kappa shape index (κ1) is 14.0. The molecule has 110 valence electrons. The third-order valence-electron chi connectivity index (χ3n) is 4.54. The molecule has 0 radical (unpaired) electrons. The summed E-state index contributed by atoms with van der Waals surface area (Å²) in [6, 6.07) is 0. The predicted molar refractivity (Wildman–Crippen MR) is 78.9 cm³/mol. The van der Waals surface area contributed by atoms with Crippen LogP contribution in [0.15, 0.2) is 6.20 Å². The molecule has 1 fully saturated rings. The van der Waals surface area contributed by atoms with Crippen molar-refractivity contribution < 1.29 is 4.74 Å². The number of hydrogen-bond donors (Lipinski definition) is 1. The first-order chi connectivity index (χ1) is 9.86. The summed E-state index contributed by atoms with van der Waals surface area (Å²) in [7, 11) is 0. The van der Waals surface area contributed by atoms with Crippen LogP contribution in [0.1, 0.15) is 49.2 Å². The SMILES string of the molecule is CCNCC1CCc2nc(C3CCOCC3)ncc2C1. The van der Waals surface area contributed by atoms with E-state index in [0.29, 0.717) is 5.92 Å². The summed E-state index contributed by atoms with van der Waals surface area (Å²) in [6.07, 6.45) is 7.74. The van der Waals surface area contributed by atoms with Crippen LogP contribution < -0.4 is 5.32 Å². The smallest absolute Gasteiger partial charge is 0.131 e. The van der Waals surface area contributed by atoms with Gasteiger partial charge in [-0.2, -0.15) is 0 Å². The van der Waals surface area contributed by atoms with Crippen LogP contribution in [0.4, 0.5) is 0 Å². The van der Waals surface area contributed by atoms with E-state index in [1.54, 1.807) is 0 Å². The minimum atomic E-state index is 0.508. The van der Waals surface area contributed by atoms with Gasteiger partial charge < -0.3 is 10.1 Å². The number of ether oxygens (including phenoxy) is 1. The van der Waals surface area contributed by atoms with E-state index in [-0.39, 0.29) is 0 Å². The molecule has 1 atom stereocenters. The molecular formula is C16H25N3O.